The summed E-state index contributed by atoms with van der Waals surface area (Å²) in [7, 11) is 0. The molecule has 0 unspecified atom stereocenters. The van der Waals surface area contributed by atoms with Crippen molar-refractivity contribution in [2.45, 2.75) is 17.6 Å². The Bertz CT molecular complexity index is 666. The Morgan fingerprint density at radius 1 is 1.38 bits per heavy atom. The number of amides is 1. The van der Waals surface area contributed by atoms with E-state index in [0.717, 1.165) is 21.9 Å². The number of benzene rings is 1. The molecule has 0 atom stereocenters. The Kier molecular flexibility index (Phi) is 5.88. The lowest BCUT2D eigenvalue weighted by Crippen LogP contribution is -2.05. The van der Waals surface area contributed by atoms with Crippen LogP contribution in [0.1, 0.15) is 17.4 Å². The summed E-state index contributed by atoms with van der Waals surface area (Å²) in [5, 5.41) is 13.4. The number of hydrogen-bond acceptors (Lipinski definition) is 4. The van der Waals surface area contributed by atoms with E-state index in [0.29, 0.717) is 0 Å². The first-order valence-electron chi connectivity index (χ1n) is 6.35. The summed E-state index contributed by atoms with van der Waals surface area (Å²) in [6, 6.07) is 9.84. The van der Waals surface area contributed by atoms with E-state index in [2.05, 4.69) is 17.2 Å². The fraction of sp³-hybridized carbons (Fsp3) is 0.188. The van der Waals surface area contributed by atoms with Crippen molar-refractivity contribution in [3.8, 4) is 11.8 Å². The maximum absolute atomic E-state index is 10.9. The molecule has 5 heteroatoms. The molecule has 0 spiro atoms. The normalized spacial score (nSPS) is 9.81. The summed E-state index contributed by atoms with van der Waals surface area (Å²) in [5.41, 5.74) is 1.76. The Morgan fingerprint density at radius 2 is 2.14 bits per heavy atom. The van der Waals surface area contributed by atoms with E-state index in [-0.39, 0.29) is 12.5 Å². The number of thiophene rings is 1. The third kappa shape index (κ3) is 5.27. The van der Waals surface area contributed by atoms with Crippen molar-refractivity contribution in [1.82, 2.24) is 0 Å². The number of hydrogen-bond donors (Lipinski definition) is 2. The molecule has 108 valence electrons. The molecule has 2 aromatic rings. The molecule has 0 saturated carbocycles. The van der Waals surface area contributed by atoms with Gasteiger partial charge in [-0.05, 0) is 30.3 Å². The lowest BCUT2D eigenvalue weighted by Gasteiger charge is -2.03. The van der Waals surface area contributed by atoms with Gasteiger partial charge in [0.1, 0.15) is 6.61 Å². The molecular weight excluding hydrogens is 302 g/mol. The molecule has 0 fully saturated rings. The quantitative estimate of drug-likeness (QED) is 0.671. The molecule has 0 saturated heterocycles. The average Bonchev–Trinajstić information content (AvgIpc) is 2.92. The summed E-state index contributed by atoms with van der Waals surface area (Å²) < 4.78 is 0. The predicted molar refractivity (Wildman–Crippen MR) is 88.6 cm³/mol. The summed E-state index contributed by atoms with van der Waals surface area (Å²) in [5.74, 6) is 6.36. The number of carbonyl (C=O) groups excluding carboxylic acids is 1. The SMILES string of the molecule is CC(=O)Nc1ccc(SCc2cc(C#CCO)cs2)cc1. The van der Waals surface area contributed by atoms with Gasteiger partial charge >= 0.3 is 0 Å². The maximum atomic E-state index is 10.9. The number of aliphatic hydroxyl groups excluding tert-OH is 1. The van der Waals surface area contributed by atoms with Crippen LogP contribution in [0.15, 0.2) is 40.6 Å². The second-order valence-electron chi connectivity index (χ2n) is 4.26. The van der Waals surface area contributed by atoms with E-state index in [9.17, 15) is 4.79 Å². The number of thioether (sulfide) groups is 1. The highest BCUT2D eigenvalue weighted by atomic mass is 32.2. The molecule has 0 bridgehead atoms. The largest absolute Gasteiger partial charge is 0.384 e. The van der Waals surface area contributed by atoms with Gasteiger partial charge in [0.25, 0.3) is 0 Å². The minimum Gasteiger partial charge on any atom is -0.384 e. The van der Waals surface area contributed by atoms with E-state index < -0.39 is 0 Å². The first kappa shape index (κ1) is 15.6. The van der Waals surface area contributed by atoms with Crippen LogP contribution in [-0.4, -0.2) is 17.6 Å². The number of aliphatic hydroxyl groups is 1. The van der Waals surface area contributed by atoms with Crippen LogP contribution in [0.5, 0.6) is 0 Å². The second kappa shape index (κ2) is 7.89. The van der Waals surface area contributed by atoms with Crippen LogP contribution in [0, 0.1) is 11.8 Å². The third-order valence-corrected chi connectivity index (χ3v) is 4.70. The van der Waals surface area contributed by atoms with Crippen LogP contribution < -0.4 is 5.32 Å². The van der Waals surface area contributed by atoms with Gasteiger partial charge in [-0.1, -0.05) is 11.8 Å². The summed E-state index contributed by atoms with van der Waals surface area (Å²) in [6.07, 6.45) is 0. The van der Waals surface area contributed by atoms with Gasteiger partial charge in [0.05, 0.1) is 0 Å². The van der Waals surface area contributed by atoms with Gasteiger partial charge in [-0.3, -0.25) is 4.79 Å². The second-order valence-corrected chi connectivity index (χ2v) is 6.30. The van der Waals surface area contributed by atoms with Crippen molar-refractivity contribution >= 4 is 34.7 Å². The summed E-state index contributed by atoms with van der Waals surface area (Å²) in [6.45, 7) is 1.39. The highest BCUT2D eigenvalue weighted by Crippen LogP contribution is 2.27. The van der Waals surface area contributed by atoms with Crippen LogP contribution in [0.2, 0.25) is 0 Å². The first-order chi connectivity index (χ1) is 10.2. The predicted octanol–water partition coefficient (Wildman–Crippen LogP) is 3.34. The van der Waals surface area contributed by atoms with E-state index in [1.165, 1.54) is 11.8 Å². The van der Waals surface area contributed by atoms with Crippen LogP contribution in [0.25, 0.3) is 0 Å². The van der Waals surface area contributed by atoms with Crippen molar-refractivity contribution in [2.24, 2.45) is 0 Å². The van der Waals surface area contributed by atoms with Crippen molar-refractivity contribution in [2.75, 3.05) is 11.9 Å². The Balaban J connectivity index is 1.90. The molecule has 21 heavy (non-hydrogen) atoms. The van der Waals surface area contributed by atoms with Crippen LogP contribution in [0.4, 0.5) is 5.69 Å². The summed E-state index contributed by atoms with van der Waals surface area (Å²) in [4.78, 5) is 13.3. The topological polar surface area (TPSA) is 49.3 Å². The molecule has 3 nitrogen and oxygen atoms in total. The first-order valence-corrected chi connectivity index (χ1v) is 8.21. The van der Waals surface area contributed by atoms with Gasteiger partial charge in [0.15, 0.2) is 0 Å². The molecule has 1 aromatic carbocycles. The number of nitrogens with one attached hydrogen (secondary N) is 1. The van der Waals surface area contributed by atoms with Gasteiger partial charge in [-0.25, -0.2) is 0 Å². The lowest BCUT2D eigenvalue weighted by atomic mass is 10.3. The number of rotatable bonds is 4. The Morgan fingerprint density at radius 3 is 2.81 bits per heavy atom. The highest BCUT2D eigenvalue weighted by Gasteiger charge is 2.01. The van der Waals surface area contributed by atoms with Crippen LogP contribution in [-0.2, 0) is 10.5 Å². The zero-order valence-electron chi connectivity index (χ0n) is 11.6. The van der Waals surface area contributed by atoms with Crippen molar-refractivity contribution in [1.29, 1.82) is 0 Å². The van der Waals surface area contributed by atoms with Gasteiger partial charge < -0.3 is 10.4 Å². The van der Waals surface area contributed by atoms with Crippen LogP contribution in [0.3, 0.4) is 0 Å². The number of anilines is 1. The van der Waals surface area contributed by atoms with Crippen molar-refractivity contribution in [3.05, 3.63) is 46.2 Å². The molecule has 2 N–H and O–H groups in total. The zero-order chi connectivity index (χ0) is 15.1. The molecule has 0 aliphatic carbocycles. The standard InChI is InChI=1S/C16H15NO2S2/c1-12(19)17-14-4-6-15(7-5-14)21-11-16-9-13(10-20-16)3-2-8-18/h4-7,9-10,18H,8,11H2,1H3,(H,17,19). The monoisotopic (exact) mass is 317 g/mol. The van der Waals surface area contributed by atoms with E-state index >= 15 is 0 Å². The van der Waals surface area contributed by atoms with Gasteiger partial charge in [-0.15, -0.1) is 23.1 Å². The molecule has 1 aromatic heterocycles. The van der Waals surface area contributed by atoms with E-state index in [1.807, 2.05) is 35.7 Å². The minimum absolute atomic E-state index is 0.0643. The third-order valence-electron chi connectivity index (χ3n) is 2.52. The van der Waals surface area contributed by atoms with Crippen LogP contribution >= 0.6 is 23.1 Å². The molecular formula is C16H15NO2S2. The van der Waals surface area contributed by atoms with E-state index in [4.69, 9.17) is 5.11 Å². The Hall–Kier alpha value is -1.74. The Labute approximate surface area is 132 Å². The molecule has 0 radical (unpaired) electrons. The smallest absolute Gasteiger partial charge is 0.221 e. The van der Waals surface area contributed by atoms with E-state index in [1.54, 1.807) is 23.1 Å². The molecule has 1 amide bonds. The zero-order valence-corrected chi connectivity index (χ0v) is 13.2. The van der Waals surface area contributed by atoms with Crippen molar-refractivity contribution in [3.63, 3.8) is 0 Å². The summed E-state index contributed by atoms with van der Waals surface area (Å²) >= 11 is 3.41. The molecule has 2 rings (SSSR count). The lowest BCUT2D eigenvalue weighted by molar-refractivity contribution is -0.114. The molecule has 0 aliphatic heterocycles. The maximum Gasteiger partial charge on any atom is 0.221 e. The fourth-order valence-corrected chi connectivity index (χ4v) is 3.43. The highest BCUT2D eigenvalue weighted by molar-refractivity contribution is 7.98. The van der Waals surface area contributed by atoms with Gasteiger partial charge in [0.2, 0.25) is 5.91 Å². The fourth-order valence-electron chi connectivity index (χ4n) is 1.66. The van der Waals surface area contributed by atoms with Crippen molar-refractivity contribution < 1.29 is 9.90 Å². The minimum atomic E-state index is -0.111. The van der Waals surface area contributed by atoms with Gasteiger partial charge in [0, 0.05) is 39.1 Å². The average molecular weight is 317 g/mol. The van der Waals surface area contributed by atoms with Gasteiger partial charge in [-0.2, -0.15) is 0 Å². The molecule has 0 aliphatic rings. The molecule has 1 heterocycles. The number of carbonyl (C=O) groups is 1.